The van der Waals surface area contributed by atoms with Gasteiger partial charge in [-0.25, -0.2) is 4.68 Å². The molecule has 0 spiro atoms. The third kappa shape index (κ3) is 2.52. The molecule has 21 heavy (non-hydrogen) atoms. The number of aromatic nitrogens is 2. The molecule has 1 heterocycles. The van der Waals surface area contributed by atoms with Crippen molar-refractivity contribution in [2.45, 2.75) is 6.54 Å². The molecule has 0 aliphatic heterocycles. The third-order valence-electron chi connectivity index (χ3n) is 3.24. The molecule has 0 saturated heterocycles. The van der Waals surface area contributed by atoms with Crippen molar-refractivity contribution in [3.05, 3.63) is 68.6 Å². The maximum absolute atomic E-state index is 12.3. The molecule has 7 heteroatoms. The van der Waals surface area contributed by atoms with Gasteiger partial charge in [0.25, 0.3) is 5.56 Å². The summed E-state index contributed by atoms with van der Waals surface area (Å²) in [5, 5.41) is 23.3. The Balaban J connectivity index is 2.06. The highest BCUT2D eigenvalue weighted by molar-refractivity contribution is 6.31. The maximum atomic E-state index is 12.3. The Kier molecular flexibility index (Phi) is 3.42. The summed E-state index contributed by atoms with van der Waals surface area (Å²) < 4.78 is 1.40. The van der Waals surface area contributed by atoms with Gasteiger partial charge in [0.05, 0.1) is 23.1 Å². The molecule has 2 N–H and O–H groups in total. The van der Waals surface area contributed by atoms with Gasteiger partial charge in [0, 0.05) is 5.02 Å². The van der Waals surface area contributed by atoms with Crippen molar-refractivity contribution in [3.63, 3.8) is 0 Å². The molecule has 1 aromatic heterocycles. The second-order valence-electron chi connectivity index (χ2n) is 4.60. The minimum atomic E-state index is -0.284. The molecule has 3 aromatic rings. The van der Waals surface area contributed by atoms with Crippen LogP contribution in [-0.2, 0) is 6.54 Å². The monoisotopic (exact) mass is 304 g/mol. The molecule has 3 rings (SSSR count). The van der Waals surface area contributed by atoms with Crippen LogP contribution in [0.3, 0.4) is 0 Å². The first-order valence-electron chi connectivity index (χ1n) is 6.18. The van der Waals surface area contributed by atoms with Gasteiger partial charge in [-0.3, -0.25) is 15.1 Å². The second kappa shape index (κ2) is 5.25. The highest BCUT2D eigenvalue weighted by Crippen LogP contribution is 2.19. The average Bonchev–Trinajstić information content (AvgIpc) is 2.77. The van der Waals surface area contributed by atoms with Crippen molar-refractivity contribution >= 4 is 28.2 Å². The molecule has 0 saturated carbocycles. The minimum absolute atomic E-state index is 0.00323. The van der Waals surface area contributed by atoms with E-state index in [1.54, 1.807) is 12.1 Å². The van der Waals surface area contributed by atoms with Crippen LogP contribution in [0.5, 0.6) is 0 Å². The van der Waals surface area contributed by atoms with Crippen molar-refractivity contribution in [2.75, 3.05) is 5.23 Å². The maximum Gasteiger partial charge on any atom is 0.274 e. The van der Waals surface area contributed by atoms with E-state index in [9.17, 15) is 10.0 Å². The van der Waals surface area contributed by atoms with E-state index in [1.807, 2.05) is 18.2 Å². The zero-order valence-electron chi connectivity index (χ0n) is 10.8. The first kappa shape index (κ1) is 13.7. The molecule has 0 bridgehead atoms. The summed E-state index contributed by atoms with van der Waals surface area (Å²) >= 11 is 6.08. The van der Waals surface area contributed by atoms with Crippen LogP contribution in [0.25, 0.3) is 10.9 Å². The Labute approximate surface area is 124 Å². The summed E-state index contributed by atoms with van der Waals surface area (Å²) in [7, 11) is 0. The number of H-pyrrole nitrogens is 1. The number of anilines is 1. The van der Waals surface area contributed by atoms with E-state index < -0.39 is 0 Å². The summed E-state index contributed by atoms with van der Waals surface area (Å²) in [6.07, 6.45) is 0. The Morgan fingerprint density at radius 2 is 2.05 bits per heavy atom. The summed E-state index contributed by atoms with van der Waals surface area (Å²) in [6, 6.07) is 11.6. The van der Waals surface area contributed by atoms with Crippen LogP contribution in [0.15, 0.2) is 47.3 Å². The number of hydrogen-bond acceptors (Lipinski definition) is 4. The van der Waals surface area contributed by atoms with Crippen molar-refractivity contribution in [2.24, 2.45) is 0 Å². The molecule has 0 fully saturated rings. The van der Waals surface area contributed by atoms with Crippen LogP contribution in [0.1, 0.15) is 5.56 Å². The molecule has 0 aliphatic carbocycles. The summed E-state index contributed by atoms with van der Waals surface area (Å²) in [4.78, 5) is 12.3. The number of fused-ring (bicyclic) bond motifs is 1. The van der Waals surface area contributed by atoms with Gasteiger partial charge in [-0.2, -0.15) is 0 Å². The molecular weight excluding hydrogens is 294 g/mol. The van der Waals surface area contributed by atoms with Crippen molar-refractivity contribution in [1.29, 1.82) is 0 Å². The summed E-state index contributed by atoms with van der Waals surface area (Å²) in [6.45, 7) is 0.294. The molecular formula is C14H11ClN3O3-. The number of halogens is 1. The molecule has 0 aliphatic rings. The van der Waals surface area contributed by atoms with Gasteiger partial charge in [0.2, 0.25) is 0 Å². The number of hydrogen-bond donors (Lipinski definition) is 2. The first-order chi connectivity index (χ1) is 10.1. The van der Waals surface area contributed by atoms with Crippen LogP contribution < -0.4 is 10.8 Å². The lowest BCUT2D eigenvalue weighted by atomic mass is 10.2. The Hall–Kier alpha value is -2.28. The van der Waals surface area contributed by atoms with E-state index in [-0.39, 0.29) is 16.5 Å². The third-order valence-corrected chi connectivity index (χ3v) is 3.61. The van der Waals surface area contributed by atoms with Crippen LogP contribution in [0.4, 0.5) is 5.69 Å². The fourth-order valence-corrected chi connectivity index (χ4v) is 2.37. The van der Waals surface area contributed by atoms with Crippen molar-refractivity contribution in [3.8, 4) is 0 Å². The molecule has 2 aromatic carbocycles. The van der Waals surface area contributed by atoms with Crippen LogP contribution in [0, 0.1) is 5.21 Å². The Bertz CT molecular complexity index is 854. The van der Waals surface area contributed by atoms with Gasteiger partial charge < -0.3 is 10.4 Å². The average molecular weight is 305 g/mol. The normalized spacial score (nSPS) is 11.0. The minimum Gasteiger partial charge on any atom is -0.733 e. The Morgan fingerprint density at radius 3 is 2.76 bits per heavy atom. The molecule has 0 radical (unpaired) electrons. The van der Waals surface area contributed by atoms with Gasteiger partial charge in [-0.05, 0) is 29.8 Å². The van der Waals surface area contributed by atoms with Crippen LogP contribution in [0.2, 0.25) is 5.02 Å². The number of nitrogens with zero attached hydrogens (tertiary/aromatic N) is 2. The van der Waals surface area contributed by atoms with Crippen LogP contribution >= 0.6 is 11.6 Å². The SMILES string of the molecule is O=c1c2cc(N([O-])O)ccc2[nH]n1Cc1ccccc1Cl. The van der Waals surface area contributed by atoms with E-state index in [2.05, 4.69) is 5.10 Å². The van der Waals surface area contributed by atoms with Gasteiger partial charge >= 0.3 is 0 Å². The quantitative estimate of drug-likeness (QED) is 0.729. The van der Waals surface area contributed by atoms with Gasteiger partial charge in [0.1, 0.15) is 0 Å². The predicted molar refractivity (Wildman–Crippen MR) is 80.7 cm³/mol. The first-order valence-corrected chi connectivity index (χ1v) is 6.56. The van der Waals surface area contributed by atoms with Gasteiger partial charge in [0.15, 0.2) is 0 Å². The molecule has 0 amide bonds. The second-order valence-corrected chi connectivity index (χ2v) is 5.00. The lowest BCUT2D eigenvalue weighted by molar-refractivity contribution is 0.296. The molecule has 6 nitrogen and oxygen atoms in total. The summed E-state index contributed by atoms with van der Waals surface area (Å²) in [5.74, 6) is 0. The standard InChI is InChI=1S/C14H11ClN3O3/c15-12-4-2-1-3-9(12)8-17-14(19)11-7-10(18(20)21)5-6-13(11)16-17/h1-7,16,20H,8H2/q-1. The number of nitrogens with one attached hydrogen (secondary N) is 1. The molecule has 0 atom stereocenters. The topological polar surface area (TPSA) is 84.3 Å². The summed E-state index contributed by atoms with van der Waals surface area (Å²) in [5.41, 5.74) is 1.11. The van der Waals surface area contributed by atoms with E-state index in [0.717, 1.165) is 5.56 Å². The predicted octanol–water partition coefficient (Wildman–Crippen LogP) is 2.72. The van der Waals surface area contributed by atoms with Crippen molar-refractivity contribution < 1.29 is 5.21 Å². The van der Waals surface area contributed by atoms with E-state index >= 15 is 0 Å². The fraction of sp³-hybridized carbons (Fsp3) is 0.0714. The van der Waals surface area contributed by atoms with Crippen molar-refractivity contribution in [1.82, 2.24) is 9.78 Å². The largest absolute Gasteiger partial charge is 0.733 e. The molecule has 108 valence electrons. The lowest BCUT2D eigenvalue weighted by Gasteiger charge is -2.20. The van der Waals surface area contributed by atoms with Gasteiger partial charge in [-0.15, -0.1) is 0 Å². The lowest BCUT2D eigenvalue weighted by Crippen LogP contribution is -2.17. The highest BCUT2D eigenvalue weighted by Gasteiger charge is 2.09. The zero-order chi connectivity index (χ0) is 15.0. The molecule has 0 unspecified atom stereocenters. The smallest absolute Gasteiger partial charge is 0.274 e. The number of benzene rings is 2. The van der Waals surface area contributed by atoms with E-state index in [0.29, 0.717) is 22.5 Å². The van der Waals surface area contributed by atoms with E-state index in [1.165, 1.54) is 16.8 Å². The number of rotatable bonds is 3. The number of aromatic amines is 1. The Morgan fingerprint density at radius 1 is 1.29 bits per heavy atom. The zero-order valence-corrected chi connectivity index (χ0v) is 11.5. The van der Waals surface area contributed by atoms with E-state index in [4.69, 9.17) is 16.8 Å². The fourth-order valence-electron chi connectivity index (χ4n) is 2.18. The highest BCUT2D eigenvalue weighted by atomic mass is 35.5. The van der Waals surface area contributed by atoms with Gasteiger partial charge in [-0.1, -0.05) is 29.8 Å². The van der Waals surface area contributed by atoms with Crippen LogP contribution in [-0.4, -0.2) is 15.0 Å².